The van der Waals surface area contributed by atoms with E-state index in [0.29, 0.717) is 24.5 Å². The maximum atomic E-state index is 13.4. The Bertz CT molecular complexity index is 1460. The van der Waals surface area contributed by atoms with Crippen LogP contribution in [0.25, 0.3) is 11.1 Å². The van der Waals surface area contributed by atoms with Crippen LogP contribution in [0.4, 0.5) is 36.8 Å². The number of carbonyl (C=O) groups is 3. The summed E-state index contributed by atoms with van der Waals surface area (Å²) in [5, 5.41) is 24.1. The monoisotopic (exact) mass is 705 g/mol. The van der Waals surface area contributed by atoms with Gasteiger partial charge in [-0.05, 0) is 74.3 Å². The number of ether oxygens (including phenoxy) is 2. The molecule has 0 bridgehead atoms. The molecule has 49 heavy (non-hydrogen) atoms. The average Bonchev–Trinajstić information content (AvgIpc) is 3.60. The number of piperidine rings is 1. The summed E-state index contributed by atoms with van der Waals surface area (Å²) in [6, 6.07) is 13.4. The highest BCUT2D eigenvalue weighted by molar-refractivity contribution is 5.91. The number of likely N-dealkylation sites (tertiary alicyclic amines) is 1. The summed E-state index contributed by atoms with van der Waals surface area (Å²) in [7, 11) is 3.26. The van der Waals surface area contributed by atoms with Gasteiger partial charge in [-0.2, -0.15) is 31.4 Å². The van der Waals surface area contributed by atoms with Crippen LogP contribution in [0.1, 0.15) is 31.2 Å². The van der Waals surface area contributed by atoms with Crippen molar-refractivity contribution in [3.05, 3.63) is 60.4 Å². The Labute approximate surface area is 277 Å². The molecule has 1 saturated heterocycles. The Hall–Kier alpha value is -5.00. The number of hydrogen-bond donors (Lipinski definition) is 4. The number of rotatable bonds is 10. The Morgan fingerprint density at radius 2 is 1.55 bits per heavy atom. The predicted octanol–water partition coefficient (Wildman–Crippen LogP) is 6.27. The third kappa shape index (κ3) is 14.3. The zero-order valence-corrected chi connectivity index (χ0v) is 26.6. The van der Waals surface area contributed by atoms with E-state index in [1.807, 2.05) is 53.6 Å². The molecule has 1 fully saturated rings. The fourth-order valence-electron chi connectivity index (χ4n) is 4.49. The molecular weight excluding hydrogens is 668 g/mol. The molecule has 270 valence electrons. The van der Waals surface area contributed by atoms with Gasteiger partial charge in [0.1, 0.15) is 11.5 Å². The van der Waals surface area contributed by atoms with Gasteiger partial charge in [0.15, 0.2) is 0 Å². The summed E-state index contributed by atoms with van der Waals surface area (Å²) in [6.07, 6.45) is -1.81. The highest BCUT2D eigenvalue weighted by Crippen LogP contribution is 2.31. The number of methoxy groups -OCH3 is 2. The molecule has 0 spiro atoms. The second-order valence-electron chi connectivity index (χ2n) is 10.5. The van der Waals surface area contributed by atoms with Crippen LogP contribution in [0.15, 0.2) is 54.9 Å². The third-order valence-corrected chi connectivity index (χ3v) is 6.91. The molecule has 2 amide bonds. The number of aliphatic carboxylic acids is 2. The van der Waals surface area contributed by atoms with Crippen LogP contribution in [-0.2, 0) is 16.1 Å². The summed E-state index contributed by atoms with van der Waals surface area (Å²) in [5.41, 5.74) is 3.58. The van der Waals surface area contributed by atoms with Crippen LogP contribution in [0.3, 0.4) is 0 Å². The number of carboxylic acid groups (broad SMARTS) is 2. The first-order valence-corrected chi connectivity index (χ1v) is 14.7. The number of alkyl halides is 6. The van der Waals surface area contributed by atoms with Crippen molar-refractivity contribution in [1.29, 1.82) is 0 Å². The van der Waals surface area contributed by atoms with E-state index in [4.69, 9.17) is 29.3 Å². The first-order valence-electron chi connectivity index (χ1n) is 14.7. The molecule has 0 saturated carbocycles. The van der Waals surface area contributed by atoms with Crippen molar-refractivity contribution in [3.8, 4) is 22.6 Å². The van der Waals surface area contributed by atoms with Crippen LogP contribution in [0.5, 0.6) is 11.5 Å². The van der Waals surface area contributed by atoms with Crippen LogP contribution in [0, 0.1) is 0 Å². The molecule has 0 radical (unpaired) electrons. The molecule has 2 heterocycles. The standard InChI is InChI=1S/C27H35N5O3.2C2HF3O2/c1-34-24-9-6-8-21(16-24)20-32(15-7-14-31-12-4-3-5-13-31)27(33)30-25-11-10-22(17-26(25)35-2)23-18-28-29-19-23;2*3-2(4,5)1(6)7/h6,8-11,16-19H,3-5,7,12-15,20H2,1-2H3,(H,28,29)(H,30,33);2*(H,6,7). The lowest BCUT2D eigenvalue weighted by molar-refractivity contribution is -0.193. The number of urea groups is 1. The number of aromatic amines is 1. The van der Waals surface area contributed by atoms with Crippen molar-refractivity contribution in [1.82, 2.24) is 20.0 Å². The van der Waals surface area contributed by atoms with Crippen LogP contribution in [0.2, 0.25) is 0 Å². The Balaban J connectivity index is 0.000000500. The van der Waals surface area contributed by atoms with Gasteiger partial charge in [0, 0.05) is 24.8 Å². The first kappa shape index (κ1) is 40.2. The second kappa shape index (κ2) is 19.1. The lowest BCUT2D eigenvalue weighted by atomic mass is 10.1. The lowest BCUT2D eigenvalue weighted by Crippen LogP contribution is -2.38. The van der Waals surface area contributed by atoms with E-state index in [1.54, 1.807) is 20.4 Å². The maximum Gasteiger partial charge on any atom is 0.490 e. The smallest absolute Gasteiger partial charge is 0.490 e. The fraction of sp³-hybridized carbons (Fsp3) is 0.419. The van der Waals surface area contributed by atoms with E-state index in [9.17, 15) is 31.1 Å². The van der Waals surface area contributed by atoms with Crippen molar-refractivity contribution < 1.29 is 60.4 Å². The molecule has 0 atom stereocenters. The van der Waals surface area contributed by atoms with E-state index in [0.717, 1.165) is 48.5 Å². The molecule has 0 aliphatic carbocycles. The number of nitrogens with one attached hydrogen (secondary N) is 2. The average molecular weight is 706 g/mol. The zero-order valence-electron chi connectivity index (χ0n) is 26.6. The highest BCUT2D eigenvalue weighted by atomic mass is 19.4. The number of nitrogens with zero attached hydrogens (tertiary/aromatic N) is 3. The maximum absolute atomic E-state index is 13.4. The van der Waals surface area contributed by atoms with E-state index in [1.165, 1.54) is 19.3 Å². The highest BCUT2D eigenvalue weighted by Gasteiger charge is 2.38. The van der Waals surface area contributed by atoms with Crippen molar-refractivity contribution >= 4 is 23.7 Å². The van der Waals surface area contributed by atoms with Gasteiger partial charge in [0.25, 0.3) is 0 Å². The summed E-state index contributed by atoms with van der Waals surface area (Å²) < 4.78 is 74.4. The molecule has 18 heteroatoms. The summed E-state index contributed by atoms with van der Waals surface area (Å²) >= 11 is 0. The van der Waals surface area contributed by atoms with Gasteiger partial charge in [-0.25, -0.2) is 14.4 Å². The minimum Gasteiger partial charge on any atom is -0.497 e. The third-order valence-electron chi connectivity index (χ3n) is 6.91. The number of benzene rings is 2. The van der Waals surface area contributed by atoms with Gasteiger partial charge in [-0.1, -0.05) is 24.6 Å². The SMILES string of the molecule is COc1cccc(CN(CCCN2CCCCC2)C(=O)Nc2ccc(-c3cn[nH]c3)cc2OC)c1.O=C(O)C(F)(F)F.O=C(O)C(F)(F)F. The summed E-state index contributed by atoms with van der Waals surface area (Å²) in [4.78, 5) is 35.6. The van der Waals surface area contributed by atoms with Gasteiger partial charge in [-0.15, -0.1) is 0 Å². The number of anilines is 1. The summed E-state index contributed by atoms with van der Waals surface area (Å²) in [5.74, 6) is -4.13. The number of H-pyrrole nitrogens is 1. The molecule has 1 aliphatic heterocycles. The van der Waals surface area contributed by atoms with E-state index >= 15 is 0 Å². The zero-order chi connectivity index (χ0) is 36.6. The van der Waals surface area contributed by atoms with E-state index in [-0.39, 0.29) is 6.03 Å². The normalized spacial score (nSPS) is 13.1. The minimum absolute atomic E-state index is 0.152. The van der Waals surface area contributed by atoms with Gasteiger partial charge >= 0.3 is 30.3 Å². The number of amides is 2. The molecule has 0 unspecified atom stereocenters. The van der Waals surface area contributed by atoms with Gasteiger partial charge in [0.05, 0.1) is 26.1 Å². The van der Waals surface area contributed by atoms with E-state index in [2.05, 4.69) is 20.4 Å². The van der Waals surface area contributed by atoms with Crippen molar-refractivity contribution in [2.24, 2.45) is 0 Å². The Morgan fingerprint density at radius 1 is 0.918 bits per heavy atom. The Kier molecular flexibility index (Phi) is 15.7. The number of aromatic nitrogens is 2. The molecule has 4 N–H and O–H groups in total. The van der Waals surface area contributed by atoms with Crippen LogP contribution < -0.4 is 14.8 Å². The molecular formula is C31H37F6N5O7. The number of carboxylic acids is 2. The Morgan fingerprint density at radius 3 is 2.08 bits per heavy atom. The predicted molar refractivity (Wildman–Crippen MR) is 165 cm³/mol. The van der Waals surface area contributed by atoms with Crippen molar-refractivity contribution in [2.75, 3.05) is 45.7 Å². The van der Waals surface area contributed by atoms with E-state index < -0.39 is 24.3 Å². The van der Waals surface area contributed by atoms with Gasteiger partial charge in [-0.3, -0.25) is 5.10 Å². The van der Waals surface area contributed by atoms with Crippen molar-refractivity contribution in [3.63, 3.8) is 0 Å². The van der Waals surface area contributed by atoms with Gasteiger partial charge < -0.3 is 34.8 Å². The second-order valence-corrected chi connectivity index (χ2v) is 10.5. The molecule has 1 aliphatic rings. The number of halogens is 6. The first-order chi connectivity index (χ1) is 23.0. The molecule has 3 aromatic rings. The molecule has 2 aromatic carbocycles. The fourth-order valence-corrected chi connectivity index (χ4v) is 4.49. The molecule has 12 nitrogen and oxygen atoms in total. The van der Waals surface area contributed by atoms with Crippen molar-refractivity contribution in [2.45, 2.75) is 44.6 Å². The minimum atomic E-state index is -5.08. The van der Waals surface area contributed by atoms with Crippen LogP contribution in [-0.4, -0.2) is 101 Å². The van der Waals surface area contributed by atoms with Gasteiger partial charge in [0.2, 0.25) is 0 Å². The lowest BCUT2D eigenvalue weighted by Gasteiger charge is -2.28. The van der Waals surface area contributed by atoms with Crippen LogP contribution >= 0.6 is 0 Å². The largest absolute Gasteiger partial charge is 0.497 e. The number of carbonyl (C=O) groups excluding carboxylic acids is 1. The molecule has 4 rings (SSSR count). The quantitative estimate of drug-likeness (QED) is 0.179. The number of hydrogen-bond acceptors (Lipinski definition) is 7. The summed E-state index contributed by atoms with van der Waals surface area (Å²) in [6.45, 7) is 4.47. The molecule has 1 aromatic heterocycles. The topological polar surface area (TPSA) is 157 Å².